The molecule has 0 fully saturated rings. The first-order valence-corrected chi connectivity index (χ1v) is 9.31. The molecule has 1 atom stereocenters. The molecular formula is C22H23N3O4. The number of benzene rings is 2. The maximum absolute atomic E-state index is 12.6. The van der Waals surface area contributed by atoms with Crippen LogP contribution < -0.4 is 19.5 Å². The Balaban J connectivity index is 1.81. The second-order valence-electron chi connectivity index (χ2n) is 6.88. The number of ether oxygens (including phenoxy) is 3. The molecule has 2 heterocycles. The van der Waals surface area contributed by atoms with E-state index in [0.29, 0.717) is 23.7 Å². The molecule has 0 bridgehead atoms. The third-order valence-electron chi connectivity index (χ3n) is 5.23. The Hall–Kier alpha value is -3.48. The number of nitrogens with one attached hydrogen (secondary N) is 1. The predicted molar refractivity (Wildman–Crippen MR) is 109 cm³/mol. The van der Waals surface area contributed by atoms with Gasteiger partial charge in [-0.2, -0.15) is 5.10 Å². The highest BCUT2D eigenvalue weighted by Gasteiger charge is 2.33. The number of carbonyl (C=O) groups is 1. The molecule has 0 spiro atoms. The van der Waals surface area contributed by atoms with Crippen molar-refractivity contribution < 1.29 is 19.0 Å². The van der Waals surface area contributed by atoms with Gasteiger partial charge in [0.05, 0.1) is 32.7 Å². The topological polar surface area (TPSA) is 74.6 Å². The number of rotatable bonds is 5. The van der Waals surface area contributed by atoms with Crippen molar-refractivity contribution in [2.24, 2.45) is 0 Å². The normalized spacial score (nSPS) is 15.4. The summed E-state index contributed by atoms with van der Waals surface area (Å²) >= 11 is 0. The number of fused-ring (bicyclic) bond motifs is 1. The fraction of sp³-hybridized carbons (Fsp3) is 0.273. The summed E-state index contributed by atoms with van der Waals surface area (Å²) < 4.78 is 17.8. The van der Waals surface area contributed by atoms with Crippen LogP contribution in [0.3, 0.4) is 0 Å². The van der Waals surface area contributed by atoms with Gasteiger partial charge in [0.25, 0.3) is 0 Å². The van der Waals surface area contributed by atoms with E-state index in [1.54, 1.807) is 26.0 Å². The number of carbonyl (C=O) groups excluding carboxylic acids is 1. The minimum absolute atomic E-state index is 0.0491. The van der Waals surface area contributed by atoms with Gasteiger partial charge < -0.3 is 19.5 Å². The van der Waals surface area contributed by atoms with Gasteiger partial charge in [-0.3, -0.25) is 4.79 Å². The first-order valence-electron chi connectivity index (χ1n) is 9.31. The largest absolute Gasteiger partial charge is 0.497 e. The van der Waals surface area contributed by atoms with Crippen LogP contribution in [0, 0.1) is 6.92 Å². The summed E-state index contributed by atoms with van der Waals surface area (Å²) in [5.41, 5.74) is 3.71. The molecule has 7 nitrogen and oxygen atoms in total. The van der Waals surface area contributed by atoms with Crippen LogP contribution in [0.5, 0.6) is 17.2 Å². The Kier molecular flexibility index (Phi) is 4.88. The van der Waals surface area contributed by atoms with Crippen molar-refractivity contribution in [2.75, 3.05) is 26.6 Å². The van der Waals surface area contributed by atoms with Crippen LogP contribution >= 0.6 is 0 Å². The molecule has 7 heteroatoms. The number of anilines is 1. The molecule has 1 N–H and O–H groups in total. The molecule has 4 rings (SSSR count). The molecule has 0 saturated heterocycles. The molecule has 3 aromatic rings. The third-order valence-corrected chi connectivity index (χ3v) is 5.23. The minimum atomic E-state index is -0.120. The zero-order valence-electron chi connectivity index (χ0n) is 16.9. The van der Waals surface area contributed by atoms with Crippen LogP contribution in [0.2, 0.25) is 0 Å². The molecular weight excluding hydrogens is 370 g/mol. The maximum atomic E-state index is 12.6. The number of aromatic nitrogens is 2. The molecule has 2 aromatic carbocycles. The lowest BCUT2D eigenvalue weighted by atomic mass is 9.85. The minimum Gasteiger partial charge on any atom is -0.497 e. The van der Waals surface area contributed by atoms with E-state index >= 15 is 0 Å². The molecule has 0 unspecified atom stereocenters. The number of methoxy groups -OCH3 is 3. The molecule has 29 heavy (non-hydrogen) atoms. The van der Waals surface area contributed by atoms with Crippen molar-refractivity contribution >= 4 is 11.7 Å². The van der Waals surface area contributed by atoms with E-state index in [2.05, 4.69) is 5.32 Å². The lowest BCUT2D eigenvalue weighted by Gasteiger charge is -2.25. The fourth-order valence-electron chi connectivity index (χ4n) is 3.81. The first kappa shape index (κ1) is 18.9. The van der Waals surface area contributed by atoms with E-state index in [1.165, 1.54) is 0 Å². The lowest BCUT2D eigenvalue weighted by molar-refractivity contribution is -0.116. The van der Waals surface area contributed by atoms with Gasteiger partial charge in [-0.15, -0.1) is 0 Å². The van der Waals surface area contributed by atoms with Crippen molar-refractivity contribution in [3.8, 4) is 22.9 Å². The highest BCUT2D eigenvalue weighted by Crippen LogP contribution is 2.42. The smallest absolute Gasteiger partial charge is 0.226 e. The quantitative estimate of drug-likeness (QED) is 0.716. The van der Waals surface area contributed by atoms with Crippen molar-refractivity contribution in [1.82, 2.24) is 9.78 Å². The van der Waals surface area contributed by atoms with E-state index in [-0.39, 0.29) is 11.8 Å². The molecule has 0 saturated carbocycles. The van der Waals surface area contributed by atoms with Crippen molar-refractivity contribution in [3.05, 3.63) is 59.3 Å². The van der Waals surface area contributed by atoms with Crippen LogP contribution in [0.1, 0.15) is 29.2 Å². The Labute approximate surface area is 169 Å². The highest BCUT2D eigenvalue weighted by atomic mass is 16.5. The van der Waals surface area contributed by atoms with Crippen LogP contribution in [0.4, 0.5) is 5.82 Å². The molecule has 0 aliphatic carbocycles. The number of nitrogens with zero attached hydrogens (tertiary/aromatic N) is 2. The fourth-order valence-corrected chi connectivity index (χ4v) is 3.81. The maximum Gasteiger partial charge on any atom is 0.226 e. The van der Waals surface area contributed by atoms with Crippen LogP contribution in [-0.4, -0.2) is 37.0 Å². The molecule has 1 aromatic heterocycles. The number of aryl methyl sites for hydroxylation is 1. The second kappa shape index (κ2) is 7.50. The van der Waals surface area contributed by atoms with Crippen LogP contribution in [0.25, 0.3) is 5.69 Å². The summed E-state index contributed by atoms with van der Waals surface area (Å²) in [6, 6.07) is 13.3. The van der Waals surface area contributed by atoms with E-state index < -0.39 is 0 Å². The molecule has 1 aliphatic rings. The van der Waals surface area contributed by atoms with Gasteiger partial charge in [-0.05, 0) is 48.9 Å². The van der Waals surface area contributed by atoms with Gasteiger partial charge >= 0.3 is 0 Å². The van der Waals surface area contributed by atoms with Gasteiger partial charge in [0, 0.05) is 17.9 Å². The summed E-state index contributed by atoms with van der Waals surface area (Å²) in [4.78, 5) is 12.6. The van der Waals surface area contributed by atoms with Crippen molar-refractivity contribution in [3.63, 3.8) is 0 Å². The van der Waals surface area contributed by atoms with Crippen LogP contribution in [0.15, 0.2) is 42.5 Å². The predicted octanol–water partition coefficient (Wildman–Crippen LogP) is 3.68. The molecule has 1 aliphatic heterocycles. The number of amides is 1. The Morgan fingerprint density at radius 1 is 1.00 bits per heavy atom. The standard InChI is InChI=1S/C22H23N3O4/c1-13-21-17(14-5-10-18(28-3)19(11-14)29-4)12-20(26)23-22(21)25(24-13)15-6-8-16(27-2)9-7-15/h5-11,17H,12H2,1-4H3,(H,23,26)/t17-/m1/s1. The van der Waals surface area contributed by atoms with E-state index in [9.17, 15) is 4.79 Å². The van der Waals surface area contributed by atoms with E-state index in [0.717, 1.165) is 28.3 Å². The highest BCUT2D eigenvalue weighted by molar-refractivity contribution is 5.95. The van der Waals surface area contributed by atoms with Crippen molar-refractivity contribution in [1.29, 1.82) is 0 Å². The number of hydrogen-bond donors (Lipinski definition) is 1. The Morgan fingerprint density at radius 3 is 2.38 bits per heavy atom. The summed E-state index contributed by atoms with van der Waals surface area (Å²) in [6.45, 7) is 1.96. The lowest BCUT2D eigenvalue weighted by Crippen LogP contribution is -2.25. The first-order chi connectivity index (χ1) is 14.0. The van der Waals surface area contributed by atoms with Crippen LogP contribution in [-0.2, 0) is 4.79 Å². The van der Waals surface area contributed by atoms with E-state index in [4.69, 9.17) is 19.3 Å². The summed E-state index contributed by atoms with van der Waals surface area (Å²) in [5.74, 6) is 2.58. The monoisotopic (exact) mass is 393 g/mol. The second-order valence-corrected chi connectivity index (χ2v) is 6.88. The average molecular weight is 393 g/mol. The molecule has 0 radical (unpaired) electrons. The number of hydrogen-bond acceptors (Lipinski definition) is 5. The van der Waals surface area contributed by atoms with Gasteiger partial charge in [0.15, 0.2) is 11.5 Å². The zero-order chi connectivity index (χ0) is 20.5. The summed E-state index contributed by atoms with van der Waals surface area (Å²) in [6.07, 6.45) is 0.345. The zero-order valence-corrected chi connectivity index (χ0v) is 16.9. The molecule has 1 amide bonds. The Bertz CT molecular complexity index is 1060. The van der Waals surface area contributed by atoms with Gasteiger partial charge in [0.2, 0.25) is 5.91 Å². The molecule has 150 valence electrons. The average Bonchev–Trinajstić information content (AvgIpc) is 3.08. The van der Waals surface area contributed by atoms with Gasteiger partial charge in [-0.25, -0.2) is 4.68 Å². The SMILES string of the molecule is COc1ccc(-n2nc(C)c3c2NC(=O)C[C@@H]3c2ccc(OC)c(OC)c2)cc1. The van der Waals surface area contributed by atoms with E-state index in [1.807, 2.05) is 49.4 Å². The van der Waals surface area contributed by atoms with Gasteiger partial charge in [-0.1, -0.05) is 6.07 Å². The summed E-state index contributed by atoms with van der Waals surface area (Å²) in [7, 11) is 4.84. The summed E-state index contributed by atoms with van der Waals surface area (Å²) in [5, 5.41) is 7.71. The third kappa shape index (κ3) is 3.29. The van der Waals surface area contributed by atoms with Gasteiger partial charge in [0.1, 0.15) is 11.6 Å². The van der Waals surface area contributed by atoms with Crippen molar-refractivity contribution in [2.45, 2.75) is 19.3 Å². The Morgan fingerprint density at radius 2 is 1.72 bits per heavy atom.